The van der Waals surface area contributed by atoms with E-state index in [0.717, 1.165) is 54.7 Å². The standard InChI is InChI=1S/C19H21Cl2N3S/c1-13-10-14(2)22-15(11-13)12-18(25)24-8-6-23(7-9-24)17-5-3-4-16(20)19(17)21/h3-5,10-11H,6-9,12H2,1-2H3. The van der Waals surface area contributed by atoms with Gasteiger partial charge < -0.3 is 9.80 Å². The summed E-state index contributed by atoms with van der Waals surface area (Å²) in [7, 11) is 0. The van der Waals surface area contributed by atoms with E-state index in [-0.39, 0.29) is 0 Å². The summed E-state index contributed by atoms with van der Waals surface area (Å²) >= 11 is 18.1. The Morgan fingerprint density at radius 2 is 1.84 bits per heavy atom. The molecule has 0 unspecified atom stereocenters. The second kappa shape index (κ2) is 7.90. The van der Waals surface area contributed by atoms with Gasteiger partial charge in [-0.15, -0.1) is 0 Å². The molecule has 1 aromatic carbocycles. The van der Waals surface area contributed by atoms with Crippen LogP contribution in [0.5, 0.6) is 0 Å². The number of hydrogen-bond acceptors (Lipinski definition) is 3. The number of piperazine rings is 1. The van der Waals surface area contributed by atoms with E-state index in [4.69, 9.17) is 35.4 Å². The van der Waals surface area contributed by atoms with Crippen molar-refractivity contribution >= 4 is 46.1 Å². The summed E-state index contributed by atoms with van der Waals surface area (Å²) in [4.78, 5) is 10.1. The number of aryl methyl sites for hydroxylation is 2. The molecule has 0 aliphatic carbocycles. The van der Waals surface area contributed by atoms with E-state index in [0.29, 0.717) is 10.0 Å². The minimum atomic E-state index is 0.595. The molecule has 1 aromatic heterocycles. The van der Waals surface area contributed by atoms with Crippen molar-refractivity contribution in [2.45, 2.75) is 20.3 Å². The number of benzene rings is 1. The number of halogens is 2. The SMILES string of the molecule is Cc1cc(C)nc(CC(=S)N2CCN(c3cccc(Cl)c3Cl)CC2)c1. The van der Waals surface area contributed by atoms with Crippen molar-refractivity contribution in [3.05, 3.63) is 57.3 Å². The summed E-state index contributed by atoms with van der Waals surface area (Å²) in [5.41, 5.74) is 4.31. The van der Waals surface area contributed by atoms with Gasteiger partial charge in [-0.2, -0.15) is 0 Å². The topological polar surface area (TPSA) is 19.4 Å². The van der Waals surface area contributed by atoms with Crippen LogP contribution in [0.3, 0.4) is 0 Å². The van der Waals surface area contributed by atoms with Crippen LogP contribution >= 0.6 is 35.4 Å². The Morgan fingerprint density at radius 3 is 2.52 bits per heavy atom. The largest absolute Gasteiger partial charge is 0.367 e. The van der Waals surface area contributed by atoms with Crippen LogP contribution in [0.1, 0.15) is 17.0 Å². The predicted octanol–water partition coefficient (Wildman–Crippen LogP) is 4.70. The van der Waals surface area contributed by atoms with Gasteiger partial charge in [-0.1, -0.05) is 41.5 Å². The molecule has 0 radical (unpaired) electrons. The highest BCUT2D eigenvalue weighted by atomic mass is 35.5. The Labute approximate surface area is 164 Å². The van der Waals surface area contributed by atoms with Crippen LogP contribution in [0.15, 0.2) is 30.3 Å². The molecular formula is C19H21Cl2N3S. The number of hydrogen-bond donors (Lipinski definition) is 0. The van der Waals surface area contributed by atoms with Crippen molar-refractivity contribution in [1.29, 1.82) is 0 Å². The first-order chi connectivity index (χ1) is 11.9. The molecule has 0 spiro atoms. The van der Waals surface area contributed by atoms with Gasteiger partial charge in [-0.25, -0.2) is 0 Å². The van der Waals surface area contributed by atoms with Crippen molar-refractivity contribution in [2.24, 2.45) is 0 Å². The van der Waals surface area contributed by atoms with Gasteiger partial charge in [0, 0.05) is 44.0 Å². The highest BCUT2D eigenvalue weighted by Crippen LogP contribution is 2.32. The lowest BCUT2D eigenvalue weighted by atomic mass is 10.1. The molecule has 0 bridgehead atoms. The van der Waals surface area contributed by atoms with Crippen molar-refractivity contribution in [1.82, 2.24) is 9.88 Å². The van der Waals surface area contributed by atoms with Crippen molar-refractivity contribution < 1.29 is 0 Å². The normalized spacial score (nSPS) is 14.7. The lowest BCUT2D eigenvalue weighted by Crippen LogP contribution is -2.48. The Balaban J connectivity index is 1.62. The fourth-order valence-corrected chi connectivity index (χ4v) is 3.96. The van der Waals surface area contributed by atoms with Crippen LogP contribution < -0.4 is 4.90 Å². The first-order valence-electron chi connectivity index (χ1n) is 8.35. The van der Waals surface area contributed by atoms with Crippen LogP contribution in [0.25, 0.3) is 0 Å². The molecule has 3 nitrogen and oxygen atoms in total. The molecule has 132 valence electrons. The van der Waals surface area contributed by atoms with E-state index in [1.165, 1.54) is 5.56 Å². The van der Waals surface area contributed by atoms with Crippen molar-refractivity contribution in [3.63, 3.8) is 0 Å². The monoisotopic (exact) mass is 393 g/mol. The van der Waals surface area contributed by atoms with Crippen LogP contribution in [0, 0.1) is 13.8 Å². The van der Waals surface area contributed by atoms with Crippen molar-refractivity contribution in [3.8, 4) is 0 Å². The zero-order valence-electron chi connectivity index (χ0n) is 14.4. The molecule has 1 fully saturated rings. The molecule has 0 amide bonds. The molecule has 3 rings (SSSR count). The molecule has 1 aliphatic heterocycles. The maximum atomic E-state index is 6.34. The Kier molecular flexibility index (Phi) is 5.82. The predicted molar refractivity (Wildman–Crippen MR) is 110 cm³/mol. The third-order valence-corrected chi connectivity index (χ3v) is 5.60. The first kappa shape index (κ1) is 18.4. The lowest BCUT2D eigenvalue weighted by Gasteiger charge is -2.38. The Bertz CT molecular complexity index is 766. The molecule has 6 heteroatoms. The number of rotatable bonds is 3. The van der Waals surface area contributed by atoms with E-state index in [9.17, 15) is 0 Å². The van der Waals surface area contributed by atoms with Gasteiger partial charge in [0.15, 0.2) is 0 Å². The highest BCUT2D eigenvalue weighted by molar-refractivity contribution is 7.80. The number of aromatic nitrogens is 1. The number of pyridine rings is 1. The van der Waals surface area contributed by atoms with E-state index >= 15 is 0 Å². The van der Waals surface area contributed by atoms with E-state index in [2.05, 4.69) is 33.8 Å². The lowest BCUT2D eigenvalue weighted by molar-refractivity contribution is 0.387. The summed E-state index contributed by atoms with van der Waals surface area (Å²) < 4.78 is 0. The maximum absolute atomic E-state index is 6.34. The van der Waals surface area contributed by atoms with Gasteiger partial charge in [0.2, 0.25) is 0 Å². The summed E-state index contributed by atoms with van der Waals surface area (Å²) in [6.45, 7) is 7.63. The summed E-state index contributed by atoms with van der Waals surface area (Å²) in [6.07, 6.45) is 0.718. The zero-order valence-corrected chi connectivity index (χ0v) is 16.8. The molecule has 2 aromatic rings. The Hall–Kier alpha value is -1.36. The number of nitrogens with zero attached hydrogens (tertiary/aromatic N) is 3. The number of anilines is 1. The molecule has 2 heterocycles. The highest BCUT2D eigenvalue weighted by Gasteiger charge is 2.21. The average molecular weight is 394 g/mol. The second-order valence-corrected chi connectivity index (χ2v) is 7.65. The van der Waals surface area contributed by atoms with Crippen molar-refractivity contribution in [2.75, 3.05) is 31.1 Å². The first-order valence-corrected chi connectivity index (χ1v) is 9.51. The van der Waals surface area contributed by atoms with E-state index in [1.807, 2.05) is 25.1 Å². The quantitative estimate of drug-likeness (QED) is 0.703. The van der Waals surface area contributed by atoms with Crippen LogP contribution in [-0.4, -0.2) is 41.1 Å². The molecule has 1 saturated heterocycles. The van der Waals surface area contributed by atoms with Crippen LogP contribution in [-0.2, 0) is 6.42 Å². The van der Waals surface area contributed by atoms with E-state index in [1.54, 1.807) is 0 Å². The second-order valence-electron chi connectivity index (χ2n) is 6.39. The fraction of sp³-hybridized carbons (Fsp3) is 0.368. The van der Waals surface area contributed by atoms with Gasteiger partial charge in [0.25, 0.3) is 0 Å². The van der Waals surface area contributed by atoms with E-state index < -0.39 is 0 Å². The van der Waals surface area contributed by atoms with Gasteiger partial charge in [-0.05, 0) is 43.7 Å². The minimum Gasteiger partial charge on any atom is -0.367 e. The minimum absolute atomic E-state index is 0.595. The fourth-order valence-electron chi connectivity index (χ4n) is 3.22. The summed E-state index contributed by atoms with van der Waals surface area (Å²) in [5.74, 6) is 0. The van der Waals surface area contributed by atoms with Gasteiger partial charge in [-0.3, -0.25) is 4.98 Å². The summed E-state index contributed by atoms with van der Waals surface area (Å²) in [5, 5.41) is 1.22. The van der Waals surface area contributed by atoms with Crippen LogP contribution in [0.2, 0.25) is 10.0 Å². The molecule has 0 saturated carbocycles. The van der Waals surface area contributed by atoms with Gasteiger partial charge in [0.05, 0.1) is 20.7 Å². The molecule has 0 N–H and O–H groups in total. The smallest absolute Gasteiger partial charge is 0.0840 e. The third kappa shape index (κ3) is 4.43. The molecular weight excluding hydrogens is 373 g/mol. The third-order valence-electron chi connectivity index (χ3n) is 4.39. The van der Waals surface area contributed by atoms with Gasteiger partial charge >= 0.3 is 0 Å². The van der Waals surface area contributed by atoms with Gasteiger partial charge in [0.1, 0.15) is 0 Å². The molecule has 1 aliphatic rings. The maximum Gasteiger partial charge on any atom is 0.0840 e. The Morgan fingerprint density at radius 1 is 1.12 bits per heavy atom. The molecule has 0 atom stereocenters. The average Bonchev–Trinajstić information content (AvgIpc) is 2.56. The van der Waals surface area contributed by atoms with Crippen LogP contribution in [0.4, 0.5) is 5.69 Å². The zero-order chi connectivity index (χ0) is 18.0. The number of thiocarbonyl (C=S) groups is 1. The molecule has 25 heavy (non-hydrogen) atoms. The summed E-state index contributed by atoms with van der Waals surface area (Å²) in [6, 6.07) is 9.96.